The Kier molecular flexibility index (Phi) is 26.4. The predicted octanol–water partition coefficient (Wildman–Crippen LogP) is 7.46. The molecule has 0 aliphatic heterocycles. The minimum absolute atomic E-state index is 0.935. The van der Waals surface area contributed by atoms with Crippen LogP contribution >= 0.6 is 0 Å². The number of hydrogen-bond donors (Lipinski definition) is 0. The van der Waals surface area contributed by atoms with Crippen LogP contribution in [0.3, 0.4) is 0 Å². The summed E-state index contributed by atoms with van der Waals surface area (Å²) in [5, 5.41) is 0. The zero-order chi connectivity index (χ0) is 18.5. The van der Waals surface area contributed by atoms with Gasteiger partial charge in [-0.1, -0.05) is 97.7 Å². The summed E-state index contributed by atoms with van der Waals surface area (Å²) >= 11 is 0. The highest BCUT2D eigenvalue weighted by atomic mass is 14.6. The lowest BCUT2D eigenvalue weighted by atomic mass is 10.1. The summed E-state index contributed by atoms with van der Waals surface area (Å²) in [7, 11) is 1.64. The van der Waals surface area contributed by atoms with E-state index in [0.717, 1.165) is 5.92 Å². The molecule has 0 atom stereocenters. The van der Waals surface area contributed by atoms with E-state index in [1.807, 2.05) is 19.9 Å². The van der Waals surface area contributed by atoms with Gasteiger partial charge in [0.15, 0.2) is 0 Å². The molecule has 0 aliphatic carbocycles. The summed E-state index contributed by atoms with van der Waals surface area (Å²) in [4.78, 5) is 3.25. The first-order chi connectivity index (χ1) is 11.1. The van der Waals surface area contributed by atoms with Crippen molar-refractivity contribution in [3.05, 3.63) is 42.0 Å². The average molecular weight is 320 g/mol. The fourth-order valence-corrected chi connectivity index (χ4v) is 1.55. The van der Waals surface area contributed by atoms with E-state index in [4.69, 9.17) is 0 Å². The lowest BCUT2D eigenvalue weighted by molar-refractivity contribution is 0.544. The summed E-state index contributed by atoms with van der Waals surface area (Å²) < 4.78 is 0. The molecule has 0 bridgehead atoms. The molecular formula is C22H41N. The zero-order valence-corrected chi connectivity index (χ0v) is 16.9. The number of rotatable bonds is 6. The molecule has 0 aliphatic rings. The van der Waals surface area contributed by atoms with Crippen LogP contribution in [0.2, 0.25) is 0 Å². The molecule has 0 saturated heterocycles. The molecule has 0 heterocycles. The van der Waals surface area contributed by atoms with E-state index in [9.17, 15) is 0 Å². The molecule has 1 rings (SSSR count). The minimum atomic E-state index is 0.935. The summed E-state index contributed by atoms with van der Waals surface area (Å²) in [5.41, 5.74) is 2.65. The topological polar surface area (TPSA) is 12.4 Å². The van der Waals surface area contributed by atoms with Gasteiger partial charge in [0.2, 0.25) is 0 Å². The van der Waals surface area contributed by atoms with Crippen molar-refractivity contribution in [3.63, 3.8) is 0 Å². The fourth-order valence-electron chi connectivity index (χ4n) is 1.55. The Morgan fingerprint density at radius 3 is 2.00 bits per heavy atom. The third kappa shape index (κ3) is 20.6. The Morgan fingerprint density at radius 1 is 1.13 bits per heavy atom. The summed E-state index contributed by atoms with van der Waals surface area (Å²) in [6.07, 6.45) is 8.29. The molecular weight excluding hydrogens is 278 g/mol. The number of hydrogen-bond acceptors (Lipinski definition) is 1. The van der Waals surface area contributed by atoms with E-state index >= 15 is 0 Å². The van der Waals surface area contributed by atoms with Crippen molar-refractivity contribution < 1.29 is 0 Å². The molecule has 1 aromatic carbocycles. The molecule has 23 heavy (non-hydrogen) atoms. The Morgan fingerprint density at radius 2 is 1.65 bits per heavy atom. The monoisotopic (exact) mass is 319 g/mol. The van der Waals surface area contributed by atoms with E-state index in [2.05, 4.69) is 70.2 Å². The molecule has 0 radical (unpaired) electrons. The van der Waals surface area contributed by atoms with E-state index in [1.54, 1.807) is 7.05 Å². The quantitative estimate of drug-likeness (QED) is 0.482. The van der Waals surface area contributed by atoms with Crippen LogP contribution in [0.15, 0.2) is 35.8 Å². The van der Waals surface area contributed by atoms with Crippen molar-refractivity contribution in [2.75, 3.05) is 7.05 Å². The van der Waals surface area contributed by atoms with Crippen LogP contribution in [-0.4, -0.2) is 13.8 Å². The normalized spacial score (nSPS) is 8.52. The maximum Gasteiger partial charge on any atom is 0.0269 e. The van der Waals surface area contributed by atoms with Gasteiger partial charge in [0.25, 0.3) is 0 Å². The van der Waals surface area contributed by atoms with E-state index in [0.29, 0.717) is 0 Å². The van der Waals surface area contributed by atoms with Crippen LogP contribution < -0.4 is 0 Å². The predicted molar refractivity (Wildman–Crippen MR) is 112 cm³/mol. The molecule has 0 unspecified atom stereocenters. The van der Waals surface area contributed by atoms with Crippen molar-refractivity contribution in [3.8, 4) is 0 Å². The second-order valence-electron chi connectivity index (χ2n) is 5.29. The van der Waals surface area contributed by atoms with Gasteiger partial charge < -0.3 is 4.99 Å². The molecule has 0 amide bonds. The number of unbranched alkanes of at least 4 members (excludes halogenated alkanes) is 1. The maximum atomic E-state index is 3.75. The Bertz CT molecular complexity index is 351. The van der Waals surface area contributed by atoms with E-state index in [1.165, 1.54) is 43.2 Å². The van der Waals surface area contributed by atoms with Crippen molar-refractivity contribution >= 4 is 12.8 Å². The smallest absolute Gasteiger partial charge is 0.0269 e. The minimum Gasteiger partial charge on any atom is -0.304 e. The van der Waals surface area contributed by atoms with Crippen LogP contribution in [0, 0.1) is 5.92 Å². The first kappa shape index (κ1) is 26.5. The SMILES string of the molecule is C=Cc1cccc(CCCC)c1.C=NC.CC.CCC(C)CC. The maximum absolute atomic E-state index is 3.75. The zero-order valence-electron chi connectivity index (χ0n) is 16.9. The van der Waals surface area contributed by atoms with Gasteiger partial charge in [-0.25, -0.2) is 0 Å². The number of nitrogens with zero attached hydrogens (tertiary/aromatic N) is 1. The van der Waals surface area contributed by atoms with Crippen molar-refractivity contribution in [2.45, 2.75) is 73.6 Å². The molecule has 0 aromatic heterocycles. The second-order valence-corrected chi connectivity index (χ2v) is 5.29. The van der Waals surface area contributed by atoms with Crippen LogP contribution in [0.5, 0.6) is 0 Å². The summed E-state index contributed by atoms with van der Waals surface area (Å²) in [6, 6.07) is 8.58. The van der Waals surface area contributed by atoms with Gasteiger partial charge in [-0.3, -0.25) is 0 Å². The largest absolute Gasteiger partial charge is 0.304 e. The Balaban J connectivity index is -0.000000307. The molecule has 1 heteroatoms. The number of aryl methyl sites for hydroxylation is 1. The van der Waals surface area contributed by atoms with Gasteiger partial charge in [0, 0.05) is 7.05 Å². The van der Waals surface area contributed by atoms with Gasteiger partial charge >= 0.3 is 0 Å². The van der Waals surface area contributed by atoms with Gasteiger partial charge in [-0.2, -0.15) is 0 Å². The van der Waals surface area contributed by atoms with Gasteiger partial charge in [0.1, 0.15) is 0 Å². The van der Waals surface area contributed by atoms with Crippen LogP contribution in [0.25, 0.3) is 6.08 Å². The third-order valence-corrected chi connectivity index (χ3v) is 3.40. The summed E-state index contributed by atoms with van der Waals surface area (Å²) in [6.45, 7) is 19.8. The van der Waals surface area contributed by atoms with Crippen LogP contribution in [-0.2, 0) is 6.42 Å². The number of aliphatic imine (C=N–C) groups is 1. The van der Waals surface area contributed by atoms with E-state index < -0.39 is 0 Å². The molecule has 0 spiro atoms. The first-order valence-electron chi connectivity index (χ1n) is 9.15. The molecule has 134 valence electrons. The first-order valence-corrected chi connectivity index (χ1v) is 9.15. The third-order valence-electron chi connectivity index (χ3n) is 3.40. The average Bonchev–Trinajstić information content (AvgIpc) is 2.62. The number of benzene rings is 1. The van der Waals surface area contributed by atoms with Crippen molar-refractivity contribution in [1.29, 1.82) is 0 Å². The lowest BCUT2D eigenvalue weighted by Crippen LogP contribution is -1.85. The highest BCUT2D eigenvalue weighted by Crippen LogP contribution is 2.09. The Hall–Kier alpha value is -1.37. The highest BCUT2D eigenvalue weighted by Gasteiger charge is 1.92. The molecule has 1 aromatic rings. The molecule has 0 saturated carbocycles. The van der Waals surface area contributed by atoms with E-state index in [-0.39, 0.29) is 0 Å². The van der Waals surface area contributed by atoms with Gasteiger partial charge in [0.05, 0.1) is 0 Å². The van der Waals surface area contributed by atoms with Crippen LogP contribution in [0.4, 0.5) is 0 Å². The van der Waals surface area contributed by atoms with Crippen molar-refractivity contribution in [2.24, 2.45) is 10.9 Å². The fraction of sp³-hybridized carbons (Fsp3) is 0.591. The lowest BCUT2D eigenvalue weighted by Gasteiger charge is -2.00. The molecule has 0 fully saturated rings. The molecule has 0 N–H and O–H groups in total. The summed E-state index contributed by atoms with van der Waals surface area (Å²) in [5.74, 6) is 0.935. The second kappa shape index (κ2) is 22.9. The Labute approximate surface area is 146 Å². The van der Waals surface area contributed by atoms with Gasteiger partial charge in [-0.05, 0) is 36.6 Å². The standard InChI is InChI=1S/C12H16.C6H14.C2H5N.C2H6/c1-3-5-7-12-9-6-8-11(4-2)10-12;1-4-6(3)5-2;1-3-2;1-2/h4,6,8-10H,2-3,5,7H2,1H3;6H,4-5H2,1-3H3;1H2,2H3;1-2H3. The van der Waals surface area contributed by atoms with Gasteiger partial charge in [-0.15, -0.1) is 0 Å². The highest BCUT2D eigenvalue weighted by molar-refractivity contribution is 5.47. The van der Waals surface area contributed by atoms with Crippen LogP contribution in [0.1, 0.15) is 78.4 Å². The van der Waals surface area contributed by atoms with Crippen molar-refractivity contribution in [1.82, 2.24) is 0 Å². The molecule has 1 nitrogen and oxygen atoms in total.